The molecule has 0 radical (unpaired) electrons. The molecule has 0 saturated heterocycles. The molecule has 0 unspecified atom stereocenters. The van der Waals surface area contributed by atoms with Gasteiger partial charge in [-0.1, -0.05) is 23.8 Å². The summed E-state index contributed by atoms with van der Waals surface area (Å²) >= 11 is 0. The predicted octanol–water partition coefficient (Wildman–Crippen LogP) is 2.48. The molecule has 0 atom stereocenters. The third-order valence-electron chi connectivity index (χ3n) is 3.25. The monoisotopic (exact) mass is 360 g/mol. The zero-order valence-electron chi connectivity index (χ0n) is 13.9. The first-order valence-corrected chi connectivity index (χ1v) is 9.09. The third kappa shape index (κ3) is 5.65. The van der Waals surface area contributed by atoms with E-state index in [2.05, 4.69) is 16.6 Å². The Labute approximate surface area is 147 Å². The van der Waals surface area contributed by atoms with Crippen LogP contribution in [0, 0.1) is 6.92 Å². The molecule has 2 aromatic rings. The second-order valence-corrected chi connectivity index (χ2v) is 7.01. The maximum atomic E-state index is 12.4. The summed E-state index contributed by atoms with van der Waals surface area (Å²) in [4.78, 5) is 11.5. The first-order chi connectivity index (χ1) is 11.9. The maximum absolute atomic E-state index is 12.4. The molecule has 1 amide bonds. The quantitative estimate of drug-likeness (QED) is 0.708. The Balaban J connectivity index is 1.99. The van der Waals surface area contributed by atoms with Crippen molar-refractivity contribution in [2.45, 2.75) is 11.8 Å². The molecule has 7 heteroatoms. The number of benzene rings is 2. The number of sulfonamides is 1. The van der Waals surface area contributed by atoms with Crippen LogP contribution in [-0.2, 0) is 14.8 Å². The lowest BCUT2D eigenvalue weighted by molar-refractivity contribution is -0.122. The van der Waals surface area contributed by atoms with Gasteiger partial charge in [-0.15, -0.1) is 6.58 Å². The van der Waals surface area contributed by atoms with Gasteiger partial charge in [0.2, 0.25) is 0 Å². The van der Waals surface area contributed by atoms with E-state index in [1.54, 1.807) is 18.2 Å². The minimum absolute atomic E-state index is 0.108. The number of nitrogens with one attached hydrogen (secondary N) is 2. The zero-order valence-corrected chi connectivity index (χ0v) is 14.7. The molecular weight excluding hydrogens is 340 g/mol. The van der Waals surface area contributed by atoms with Crippen LogP contribution < -0.4 is 14.8 Å². The van der Waals surface area contributed by atoms with Crippen molar-refractivity contribution in [2.75, 3.05) is 17.9 Å². The average molecular weight is 360 g/mol. The number of carbonyl (C=O) groups excluding carboxylic acids is 1. The zero-order chi connectivity index (χ0) is 18.3. The minimum atomic E-state index is -3.68. The van der Waals surface area contributed by atoms with Crippen molar-refractivity contribution in [3.05, 3.63) is 66.7 Å². The van der Waals surface area contributed by atoms with Crippen LogP contribution in [0.4, 0.5) is 5.69 Å². The molecule has 2 aromatic carbocycles. The largest absolute Gasteiger partial charge is 0.484 e. The van der Waals surface area contributed by atoms with Gasteiger partial charge in [-0.3, -0.25) is 9.52 Å². The molecule has 25 heavy (non-hydrogen) atoms. The van der Waals surface area contributed by atoms with E-state index in [4.69, 9.17) is 4.74 Å². The molecule has 0 heterocycles. The number of anilines is 1. The van der Waals surface area contributed by atoms with E-state index >= 15 is 0 Å². The van der Waals surface area contributed by atoms with E-state index in [1.165, 1.54) is 24.3 Å². The number of hydrogen-bond acceptors (Lipinski definition) is 4. The molecule has 0 saturated carbocycles. The van der Waals surface area contributed by atoms with Crippen LogP contribution in [-0.4, -0.2) is 27.5 Å². The van der Waals surface area contributed by atoms with Crippen molar-refractivity contribution >= 4 is 21.6 Å². The molecule has 0 bridgehead atoms. The van der Waals surface area contributed by atoms with Crippen molar-refractivity contribution in [3.63, 3.8) is 0 Å². The Morgan fingerprint density at radius 1 is 1.12 bits per heavy atom. The second-order valence-electron chi connectivity index (χ2n) is 5.32. The lowest BCUT2D eigenvalue weighted by Crippen LogP contribution is -2.28. The molecule has 6 nitrogen and oxygen atoms in total. The highest BCUT2D eigenvalue weighted by Crippen LogP contribution is 2.19. The Morgan fingerprint density at radius 3 is 2.36 bits per heavy atom. The van der Waals surface area contributed by atoms with E-state index in [-0.39, 0.29) is 17.4 Å². The van der Waals surface area contributed by atoms with Crippen LogP contribution in [0.3, 0.4) is 0 Å². The number of amides is 1. The standard InChI is InChI=1S/C18H20N2O4S/c1-3-12-19-18(21)13-24-16-8-10-17(11-9-16)25(22,23)20-15-6-4-14(2)5-7-15/h3-11,20H,1,12-13H2,2H3,(H,19,21). The van der Waals surface area contributed by atoms with Crippen LogP contribution >= 0.6 is 0 Å². The van der Waals surface area contributed by atoms with Crippen LogP contribution in [0.25, 0.3) is 0 Å². The molecular formula is C18H20N2O4S. The molecule has 0 aliphatic carbocycles. The smallest absolute Gasteiger partial charge is 0.261 e. The second kappa shape index (κ2) is 8.34. The molecule has 2 rings (SSSR count). The van der Waals surface area contributed by atoms with Crippen molar-refractivity contribution in [1.82, 2.24) is 5.32 Å². The van der Waals surface area contributed by atoms with Crippen LogP contribution in [0.15, 0.2) is 66.1 Å². The van der Waals surface area contributed by atoms with Crippen molar-refractivity contribution in [1.29, 1.82) is 0 Å². The van der Waals surface area contributed by atoms with Gasteiger partial charge in [0.1, 0.15) is 5.75 Å². The van der Waals surface area contributed by atoms with Gasteiger partial charge in [-0.25, -0.2) is 8.42 Å². The number of hydrogen-bond donors (Lipinski definition) is 2. The van der Waals surface area contributed by atoms with Gasteiger partial charge in [0.05, 0.1) is 4.90 Å². The highest BCUT2D eigenvalue weighted by Gasteiger charge is 2.14. The molecule has 0 spiro atoms. The summed E-state index contributed by atoms with van der Waals surface area (Å²) in [5, 5.41) is 2.58. The Bertz CT molecular complexity index is 828. The van der Waals surface area contributed by atoms with Crippen molar-refractivity contribution in [2.24, 2.45) is 0 Å². The third-order valence-corrected chi connectivity index (χ3v) is 4.65. The topological polar surface area (TPSA) is 84.5 Å². The average Bonchev–Trinajstić information content (AvgIpc) is 2.60. The highest BCUT2D eigenvalue weighted by molar-refractivity contribution is 7.92. The van der Waals surface area contributed by atoms with Crippen LogP contribution in [0.5, 0.6) is 5.75 Å². The normalized spacial score (nSPS) is 10.8. The van der Waals surface area contributed by atoms with E-state index in [0.29, 0.717) is 18.0 Å². The Morgan fingerprint density at radius 2 is 1.76 bits per heavy atom. The van der Waals surface area contributed by atoms with Crippen LogP contribution in [0.1, 0.15) is 5.56 Å². The maximum Gasteiger partial charge on any atom is 0.261 e. The molecule has 2 N–H and O–H groups in total. The first-order valence-electron chi connectivity index (χ1n) is 7.60. The van der Waals surface area contributed by atoms with E-state index < -0.39 is 10.0 Å². The van der Waals surface area contributed by atoms with Gasteiger partial charge in [0.25, 0.3) is 15.9 Å². The summed E-state index contributed by atoms with van der Waals surface area (Å²) in [6.45, 7) is 5.64. The molecule has 132 valence electrons. The Kier molecular flexibility index (Phi) is 6.19. The molecule has 0 aromatic heterocycles. The summed E-state index contributed by atoms with van der Waals surface area (Å²) in [5.41, 5.74) is 1.53. The number of rotatable bonds is 8. The lowest BCUT2D eigenvalue weighted by Gasteiger charge is -2.10. The van der Waals surface area contributed by atoms with Gasteiger partial charge in [-0.05, 0) is 43.3 Å². The number of aryl methyl sites for hydroxylation is 1. The van der Waals surface area contributed by atoms with Crippen molar-refractivity contribution in [3.8, 4) is 5.75 Å². The lowest BCUT2D eigenvalue weighted by atomic mass is 10.2. The molecule has 0 aliphatic rings. The number of carbonyl (C=O) groups is 1. The van der Waals surface area contributed by atoms with E-state index in [1.807, 2.05) is 19.1 Å². The van der Waals surface area contributed by atoms with Gasteiger partial charge >= 0.3 is 0 Å². The fourth-order valence-corrected chi connectivity index (χ4v) is 3.00. The van der Waals surface area contributed by atoms with E-state index in [9.17, 15) is 13.2 Å². The van der Waals surface area contributed by atoms with Gasteiger partial charge < -0.3 is 10.1 Å². The summed E-state index contributed by atoms with van der Waals surface area (Å²) in [7, 11) is -3.68. The van der Waals surface area contributed by atoms with Crippen molar-refractivity contribution < 1.29 is 17.9 Å². The predicted molar refractivity (Wildman–Crippen MR) is 97.1 cm³/mol. The SMILES string of the molecule is C=CCNC(=O)COc1ccc(S(=O)(=O)Nc2ccc(C)cc2)cc1. The van der Waals surface area contributed by atoms with Gasteiger partial charge in [-0.2, -0.15) is 0 Å². The van der Waals surface area contributed by atoms with Gasteiger partial charge in [0, 0.05) is 12.2 Å². The fourth-order valence-electron chi connectivity index (χ4n) is 1.94. The summed E-state index contributed by atoms with van der Waals surface area (Å²) in [6, 6.07) is 12.9. The summed E-state index contributed by atoms with van der Waals surface area (Å²) in [6.07, 6.45) is 1.57. The van der Waals surface area contributed by atoms with E-state index in [0.717, 1.165) is 5.56 Å². The number of ether oxygens (including phenoxy) is 1. The minimum Gasteiger partial charge on any atom is -0.484 e. The summed E-state index contributed by atoms with van der Waals surface area (Å²) < 4.78 is 32.5. The molecule has 0 fully saturated rings. The highest BCUT2D eigenvalue weighted by atomic mass is 32.2. The van der Waals surface area contributed by atoms with Crippen LogP contribution in [0.2, 0.25) is 0 Å². The molecule has 0 aliphatic heterocycles. The Hall–Kier alpha value is -2.80. The van der Waals surface area contributed by atoms with Gasteiger partial charge in [0.15, 0.2) is 6.61 Å². The summed E-state index contributed by atoms with van der Waals surface area (Å²) in [5.74, 6) is 0.126. The fraction of sp³-hybridized carbons (Fsp3) is 0.167. The first kappa shape index (κ1) is 18.5.